The molecular formula is C32H36N2O7. The van der Waals surface area contributed by atoms with Crippen molar-refractivity contribution >= 4 is 23.9 Å². The van der Waals surface area contributed by atoms with Gasteiger partial charge in [0.05, 0.1) is 12.7 Å². The van der Waals surface area contributed by atoms with Crippen molar-refractivity contribution in [1.29, 1.82) is 0 Å². The maximum absolute atomic E-state index is 13.4. The Balaban J connectivity index is 1.71. The first kappa shape index (κ1) is 30.9. The van der Waals surface area contributed by atoms with E-state index in [2.05, 4.69) is 10.6 Å². The van der Waals surface area contributed by atoms with Gasteiger partial charge >= 0.3 is 18.0 Å². The second-order valence-electron chi connectivity index (χ2n) is 10.4. The van der Waals surface area contributed by atoms with Crippen LogP contribution in [0.15, 0.2) is 84.9 Å². The summed E-state index contributed by atoms with van der Waals surface area (Å²) in [6.45, 7) is 5.39. The molecule has 2 N–H and O–H groups in total. The minimum Gasteiger partial charge on any atom is -0.467 e. The molecule has 0 radical (unpaired) electrons. The van der Waals surface area contributed by atoms with Crippen molar-refractivity contribution in [1.82, 2.24) is 10.6 Å². The fourth-order valence-electron chi connectivity index (χ4n) is 3.92. The van der Waals surface area contributed by atoms with Gasteiger partial charge in [0.15, 0.2) is 0 Å². The standard InChI is InChI=1S/C32H36N2O7/c1-32(2,3)41-29(36)25-17-15-23(16-18-25)20-27(30(37)39-4)33-28(35)26(19-22-11-7-5-8-12-22)34-31(38)40-21-24-13-9-6-10-14-24/h5-18,26-27H,19-21H2,1-4H3,(H,33,35)(H,34,38)/t26-,27-/m1/s1. The number of rotatable bonds is 11. The van der Waals surface area contributed by atoms with Crippen LogP contribution >= 0.6 is 0 Å². The van der Waals surface area contributed by atoms with Crippen LogP contribution in [-0.4, -0.2) is 48.7 Å². The van der Waals surface area contributed by atoms with E-state index in [-0.39, 0.29) is 19.4 Å². The normalized spacial score (nSPS) is 12.4. The van der Waals surface area contributed by atoms with Crippen LogP contribution < -0.4 is 10.6 Å². The summed E-state index contributed by atoms with van der Waals surface area (Å²) in [5.41, 5.74) is 2.03. The summed E-state index contributed by atoms with van der Waals surface area (Å²) < 4.78 is 15.6. The molecular weight excluding hydrogens is 524 g/mol. The second kappa shape index (κ2) is 14.6. The molecule has 216 valence electrons. The maximum Gasteiger partial charge on any atom is 0.408 e. The Morgan fingerprint density at radius 2 is 1.24 bits per heavy atom. The summed E-state index contributed by atoms with van der Waals surface area (Å²) in [5.74, 6) is -1.69. The van der Waals surface area contributed by atoms with Crippen LogP contribution in [0.4, 0.5) is 4.79 Å². The van der Waals surface area contributed by atoms with Gasteiger partial charge in [-0.05, 0) is 49.6 Å². The van der Waals surface area contributed by atoms with Crippen molar-refractivity contribution in [3.8, 4) is 0 Å². The van der Waals surface area contributed by atoms with E-state index in [0.29, 0.717) is 11.1 Å². The molecule has 0 aliphatic rings. The molecule has 2 amide bonds. The Labute approximate surface area is 240 Å². The first-order valence-electron chi connectivity index (χ1n) is 13.3. The molecule has 3 aromatic carbocycles. The number of carbonyl (C=O) groups excluding carboxylic acids is 4. The lowest BCUT2D eigenvalue weighted by molar-refractivity contribution is -0.145. The third kappa shape index (κ3) is 10.4. The number of hydrogen-bond donors (Lipinski definition) is 2. The molecule has 0 saturated heterocycles. The number of ether oxygens (including phenoxy) is 3. The number of nitrogens with one attached hydrogen (secondary N) is 2. The minimum atomic E-state index is -1.04. The number of esters is 2. The fourth-order valence-corrected chi connectivity index (χ4v) is 3.92. The highest BCUT2D eigenvalue weighted by Gasteiger charge is 2.28. The van der Waals surface area contributed by atoms with E-state index in [1.165, 1.54) is 7.11 Å². The molecule has 0 unspecified atom stereocenters. The lowest BCUT2D eigenvalue weighted by Crippen LogP contribution is -2.53. The van der Waals surface area contributed by atoms with Crippen molar-refractivity contribution < 1.29 is 33.4 Å². The quantitative estimate of drug-likeness (QED) is 0.264. The Bertz CT molecular complexity index is 1300. The third-order valence-electron chi connectivity index (χ3n) is 5.93. The smallest absolute Gasteiger partial charge is 0.408 e. The largest absolute Gasteiger partial charge is 0.467 e. The molecule has 0 heterocycles. The average molecular weight is 561 g/mol. The Kier molecular flexibility index (Phi) is 11.0. The molecule has 41 heavy (non-hydrogen) atoms. The van der Waals surface area contributed by atoms with E-state index in [1.54, 1.807) is 45.0 Å². The predicted octanol–water partition coefficient (Wildman–Crippen LogP) is 4.38. The first-order valence-corrected chi connectivity index (χ1v) is 13.3. The number of methoxy groups -OCH3 is 1. The molecule has 9 heteroatoms. The van der Waals surface area contributed by atoms with E-state index < -0.39 is 41.6 Å². The van der Waals surface area contributed by atoms with Crippen molar-refractivity contribution in [3.05, 3.63) is 107 Å². The van der Waals surface area contributed by atoms with Gasteiger partial charge in [-0.15, -0.1) is 0 Å². The summed E-state index contributed by atoms with van der Waals surface area (Å²) in [6, 6.07) is 22.8. The van der Waals surface area contributed by atoms with Crippen molar-refractivity contribution in [2.24, 2.45) is 0 Å². The number of benzene rings is 3. The molecule has 0 bridgehead atoms. The summed E-state index contributed by atoms with van der Waals surface area (Å²) >= 11 is 0. The van der Waals surface area contributed by atoms with Gasteiger partial charge in [0.25, 0.3) is 0 Å². The zero-order valence-electron chi connectivity index (χ0n) is 23.7. The molecule has 0 spiro atoms. The summed E-state index contributed by atoms with van der Waals surface area (Å²) in [7, 11) is 1.23. The van der Waals surface area contributed by atoms with Gasteiger partial charge in [-0.1, -0.05) is 72.8 Å². The van der Waals surface area contributed by atoms with Crippen molar-refractivity contribution in [2.75, 3.05) is 7.11 Å². The van der Waals surface area contributed by atoms with Crippen LogP contribution in [0.2, 0.25) is 0 Å². The van der Waals surface area contributed by atoms with Gasteiger partial charge in [0.2, 0.25) is 5.91 Å². The predicted molar refractivity (Wildman–Crippen MR) is 153 cm³/mol. The summed E-state index contributed by atoms with van der Waals surface area (Å²) in [4.78, 5) is 51.0. The third-order valence-corrected chi connectivity index (χ3v) is 5.93. The molecule has 3 rings (SSSR count). The van der Waals surface area contributed by atoms with Crippen LogP contribution in [0.3, 0.4) is 0 Å². The summed E-state index contributed by atoms with van der Waals surface area (Å²) in [5, 5.41) is 5.33. The highest BCUT2D eigenvalue weighted by molar-refractivity contribution is 5.91. The van der Waals surface area contributed by atoms with E-state index in [1.807, 2.05) is 60.7 Å². The lowest BCUT2D eigenvalue weighted by atomic mass is 10.0. The Morgan fingerprint density at radius 1 is 0.707 bits per heavy atom. The Hall–Kier alpha value is -4.66. The second-order valence-corrected chi connectivity index (χ2v) is 10.4. The van der Waals surface area contributed by atoms with Crippen molar-refractivity contribution in [2.45, 2.75) is 57.9 Å². The average Bonchev–Trinajstić information content (AvgIpc) is 2.95. The van der Waals surface area contributed by atoms with Gasteiger partial charge in [0.1, 0.15) is 24.3 Å². The van der Waals surface area contributed by atoms with Gasteiger partial charge in [0, 0.05) is 12.8 Å². The highest BCUT2D eigenvalue weighted by atomic mass is 16.6. The number of amides is 2. The monoisotopic (exact) mass is 560 g/mol. The summed E-state index contributed by atoms with van der Waals surface area (Å²) in [6.07, 6.45) is -0.493. The minimum absolute atomic E-state index is 0.0381. The lowest BCUT2D eigenvalue weighted by Gasteiger charge is -2.22. The fraction of sp³-hybridized carbons (Fsp3) is 0.312. The van der Waals surface area contributed by atoms with E-state index >= 15 is 0 Å². The van der Waals surface area contributed by atoms with E-state index in [4.69, 9.17) is 14.2 Å². The number of carbonyl (C=O) groups is 4. The molecule has 3 aromatic rings. The Morgan fingerprint density at radius 3 is 1.80 bits per heavy atom. The maximum atomic E-state index is 13.4. The zero-order valence-corrected chi connectivity index (χ0v) is 23.7. The number of alkyl carbamates (subject to hydrolysis) is 1. The van der Waals surface area contributed by atoms with Crippen molar-refractivity contribution in [3.63, 3.8) is 0 Å². The van der Waals surface area contributed by atoms with E-state index in [0.717, 1.165) is 11.1 Å². The topological polar surface area (TPSA) is 120 Å². The SMILES string of the molecule is COC(=O)[C@@H](Cc1ccc(C(=O)OC(C)(C)C)cc1)NC(=O)[C@@H](Cc1ccccc1)NC(=O)OCc1ccccc1. The highest BCUT2D eigenvalue weighted by Crippen LogP contribution is 2.14. The molecule has 9 nitrogen and oxygen atoms in total. The van der Waals surface area contributed by atoms with Gasteiger partial charge in [-0.2, -0.15) is 0 Å². The molecule has 0 aliphatic carbocycles. The molecule has 2 atom stereocenters. The van der Waals surface area contributed by atoms with Crippen LogP contribution in [-0.2, 0) is 43.2 Å². The van der Waals surface area contributed by atoms with Crippen LogP contribution in [0.25, 0.3) is 0 Å². The van der Waals surface area contributed by atoms with Gasteiger partial charge < -0.3 is 24.8 Å². The number of hydrogen-bond acceptors (Lipinski definition) is 7. The van der Waals surface area contributed by atoms with E-state index in [9.17, 15) is 19.2 Å². The van der Waals surface area contributed by atoms with Gasteiger partial charge in [-0.3, -0.25) is 4.79 Å². The first-order chi connectivity index (χ1) is 19.5. The molecule has 0 fully saturated rings. The van der Waals surface area contributed by atoms with Crippen LogP contribution in [0.1, 0.15) is 47.8 Å². The molecule has 0 aliphatic heterocycles. The van der Waals surface area contributed by atoms with Gasteiger partial charge in [-0.25, -0.2) is 14.4 Å². The van der Waals surface area contributed by atoms with Crippen LogP contribution in [0.5, 0.6) is 0 Å². The molecule has 0 aromatic heterocycles. The van der Waals surface area contributed by atoms with Crippen LogP contribution in [0, 0.1) is 0 Å². The zero-order chi connectivity index (χ0) is 29.8. The molecule has 0 saturated carbocycles.